The third-order valence-corrected chi connectivity index (χ3v) is 6.91. The lowest BCUT2D eigenvalue weighted by molar-refractivity contribution is 0.0949. The summed E-state index contributed by atoms with van der Waals surface area (Å²) in [4.78, 5) is 12.9. The van der Waals surface area contributed by atoms with Crippen LogP contribution >= 0.6 is 22.6 Å². The van der Waals surface area contributed by atoms with Crippen LogP contribution in [0.2, 0.25) is 0 Å². The van der Waals surface area contributed by atoms with Gasteiger partial charge in [0.05, 0.1) is 12.7 Å². The van der Waals surface area contributed by atoms with Crippen LogP contribution in [0.25, 0.3) is 0 Å². The predicted molar refractivity (Wildman–Crippen MR) is 123 cm³/mol. The molecule has 1 N–H and O–H groups in total. The third kappa shape index (κ3) is 4.70. The van der Waals surface area contributed by atoms with Crippen molar-refractivity contribution in [1.82, 2.24) is 5.32 Å². The molecule has 0 heterocycles. The van der Waals surface area contributed by atoms with Crippen molar-refractivity contribution in [2.75, 3.05) is 7.11 Å². The SMILES string of the molecule is COc1ccc(CNC(=O)c2c(C)cc(C3CCCCC3(C)C)cc2I)cc1. The first-order chi connectivity index (χ1) is 13.3. The molecule has 3 rings (SSSR count). The molecule has 0 radical (unpaired) electrons. The molecule has 1 saturated carbocycles. The summed E-state index contributed by atoms with van der Waals surface area (Å²) in [7, 11) is 1.65. The van der Waals surface area contributed by atoms with E-state index in [1.54, 1.807) is 7.11 Å². The lowest BCUT2D eigenvalue weighted by atomic mass is 9.66. The largest absolute Gasteiger partial charge is 0.497 e. The van der Waals surface area contributed by atoms with Crippen molar-refractivity contribution in [3.63, 3.8) is 0 Å². The molecule has 150 valence electrons. The molecule has 0 bridgehead atoms. The van der Waals surface area contributed by atoms with Crippen LogP contribution < -0.4 is 10.1 Å². The molecule has 0 aromatic heterocycles. The van der Waals surface area contributed by atoms with Gasteiger partial charge in [0.1, 0.15) is 5.75 Å². The second-order valence-electron chi connectivity index (χ2n) is 8.51. The van der Waals surface area contributed by atoms with Crippen molar-refractivity contribution in [1.29, 1.82) is 0 Å². The Morgan fingerprint density at radius 3 is 2.54 bits per heavy atom. The third-order valence-electron chi connectivity index (χ3n) is 6.06. The molecule has 0 aliphatic heterocycles. The standard InChI is InChI=1S/C24H30INO2/c1-16-13-18(20-7-5-6-12-24(20,2)3)14-21(25)22(16)23(27)26-15-17-8-10-19(28-4)11-9-17/h8-11,13-14,20H,5-7,12,15H2,1-4H3,(H,26,27). The molecule has 4 heteroatoms. The Bertz CT molecular complexity index is 819. The summed E-state index contributed by atoms with van der Waals surface area (Å²) in [5.41, 5.74) is 4.63. The molecule has 1 aliphatic rings. The van der Waals surface area contributed by atoms with Crippen LogP contribution in [0.5, 0.6) is 5.75 Å². The molecule has 1 aliphatic carbocycles. The van der Waals surface area contributed by atoms with Gasteiger partial charge in [-0.3, -0.25) is 4.79 Å². The van der Waals surface area contributed by atoms with Gasteiger partial charge >= 0.3 is 0 Å². The Hall–Kier alpha value is -1.56. The number of carbonyl (C=O) groups is 1. The Morgan fingerprint density at radius 2 is 1.93 bits per heavy atom. The zero-order valence-electron chi connectivity index (χ0n) is 17.3. The number of amides is 1. The molecule has 3 nitrogen and oxygen atoms in total. The molecule has 1 amide bonds. The van der Waals surface area contributed by atoms with Gasteiger partial charge in [0.2, 0.25) is 0 Å². The maximum Gasteiger partial charge on any atom is 0.252 e. The normalized spacial score (nSPS) is 18.5. The summed E-state index contributed by atoms with van der Waals surface area (Å²) < 4.78 is 6.23. The Kier molecular flexibility index (Phi) is 6.69. The van der Waals surface area contributed by atoms with Crippen molar-refractivity contribution in [3.05, 3.63) is 62.2 Å². The van der Waals surface area contributed by atoms with Crippen molar-refractivity contribution < 1.29 is 9.53 Å². The van der Waals surface area contributed by atoms with Crippen molar-refractivity contribution >= 4 is 28.5 Å². The maximum absolute atomic E-state index is 12.9. The lowest BCUT2D eigenvalue weighted by Gasteiger charge is -2.39. The second kappa shape index (κ2) is 8.85. The number of hydrogen-bond acceptors (Lipinski definition) is 2. The number of rotatable bonds is 5. The van der Waals surface area contributed by atoms with Crippen molar-refractivity contribution in [2.24, 2.45) is 5.41 Å². The van der Waals surface area contributed by atoms with E-state index in [2.05, 4.69) is 60.8 Å². The summed E-state index contributed by atoms with van der Waals surface area (Å²) in [6.07, 6.45) is 5.14. The van der Waals surface area contributed by atoms with E-state index in [9.17, 15) is 4.79 Å². The maximum atomic E-state index is 12.9. The van der Waals surface area contributed by atoms with E-state index >= 15 is 0 Å². The van der Waals surface area contributed by atoms with Crippen LogP contribution in [-0.4, -0.2) is 13.0 Å². The van der Waals surface area contributed by atoms with Crippen LogP contribution in [-0.2, 0) is 6.54 Å². The number of carbonyl (C=O) groups excluding carboxylic acids is 1. The van der Waals surface area contributed by atoms with Crippen molar-refractivity contribution in [2.45, 2.75) is 58.9 Å². The summed E-state index contributed by atoms with van der Waals surface area (Å²) in [6, 6.07) is 12.3. The molecule has 1 unspecified atom stereocenters. The average Bonchev–Trinajstić information content (AvgIpc) is 2.65. The Morgan fingerprint density at radius 1 is 1.21 bits per heavy atom. The molecular weight excluding hydrogens is 461 g/mol. The number of aryl methyl sites for hydroxylation is 1. The van der Waals surface area contributed by atoms with Gasteiger partial charge in [0.15, 0.2) is 0 Å². The van der Waals surface area contributed by atoms with Gasteiger partial charge in [-0.25, -0.2) is 0 Å². The molecule has 2 aromatic rings. The van der Waals surface area contributed by atoms with Gasteiger partial charge in [-0.1, -0.05) is 44.9 Å². The fourth-order valence-corrected chi connectivity index (χ4v) is 5.42. The van der Waals surface area contributed by atoms with Crippen LogP contribution in [0.15, 0.2) is 36.4 Å². The highest BCUT2D eigenvalue weighted by Gasteiger charge is 2.33. The molecule has 0 saturated heterocycles. The highest BCUT2D eigenvalue weighted by molar-refractivity contribution is 14.1. The van der Waals surface area contributed by atoms with Crippen LogP contribution in [0.1, 0.15) is 72.5 Å². The number of halogens is 1. The Balaban J connectivity index is 1.75. The number of methoxy groups -OCH3 is 1. The first kappa shape index (κ1) is 21.2. The van der Waals surface area contributed by atoms with E-state index in [4.69, 9.17) is 4.74 Å². The zero-order chi connectivity index (χ0) is 20.3. The fourth-order valence-electron chi connectivity index (χ4n) is 4.39. The molecule has 1 fully saturated rings. The zero-order valence-corrected chi connectivity index (χ0v) is 19.4. The molecular formula is C24H30INO2. The summed E-state index contributed by atoms with van der Waals surface area (Å²) in [6.45, 7) is 7.34. The highest BCUT2D eigenvalue weighted by Crippen LogP contribution is 2.47. The van der Waals surface area contributed by atoms with E-state index in [1.165, 1.54) is 31.2 Å². The minimum Gasteiger partial charge on any atom is -0.497 e. The smallest absolute Gasteiger partial charge is 0.252 e. The van der Waals surface area contributed by atoms with Gasteiger partial charge in [-0.2, -0.15) is 0 Å². The molecule has 1 atom stereocenters. The topological polar surface area (TPSA) is 38.3 Å². The van der Waals surface area contributed by atoms with Gasteiger partial charge in [-0.15, -0.1) is 0 Å². The summed E-state index contributed by atoms with van der Waals surface area (Å²) in [5.74, 6) is 1.39. The molecule has 2 aromatic carbocycles. The quantitative estimate of drug-likeness (QED) is 0.505. The lowest BCUT2D eigenvalue weighted by Crippen LogP contribution is -2.27. The number of hydrogen-bond donors (Lipinski definition) is 1. The Labute approximate surface area is 182 Å². The fraction of sp³-hybridized carbons (Fsp3) is 0.458. The van der Waals surface area contributed by atoms with Crippen molar-refractivity contribution in [3.8, 4) is 5.75 Å². The molecule has 28 heavy (non-hydrogen) atoms. The molecule has 0 spiro atoms. The summed E-state index contributed by atoms with van der Waals surface area (Å²) in [5, 5.41) is 3.07. The highest BCUT2D eigenvalue weighted by atomic mass is 127. The van der Waals surface area contributed by atoms with E-state index in [-0.39, 0.29) is 5.91 Å². The number of ether oxygens (including phenoxy) is 1. The van der Waals surface area contributed by atoms with Gasteiger partial charge in [0, 0.05) is 10.1 Å². The second-order valence-corrected chi connectivity index (χ2v) is 9.67. The van der Waals surface area contributed by atoms with E-state index < -0.39 is 0 Å². The van der Waals surface area contributed by atoms with Crippen LogP contribution in [0.3, 0.4) is 0 Å². The number of nitrogens with one attached hydrogen (secondary N) is 1. The van der Waals surface area contributed by atoms with Gasteiger partial charge in [0.25, 0.3) is 5.91 Å². The summed E-state index contributed by atoms with van der Waals surface area (Å²) >= 11 is 2.32. The predicted octanol–water partition coefficient (Wildman–Crippen LogP) is 6.22. The van der Waals surface area contributed by atoms with E-state index in [0.29, 0.717) is 17.9 Å². The first-order valence-electron chi connectivity index (χ1n) is 10.0. The van der Waals surface area contributed by atoms with E-state index in [0.717, 1.165) is 26.0 Å². The van der Waals surface area contributed by atoms with Crippen LogP contribution in [0, 0.1) is 15.9 Å². The van der Waals surface area contributed by atoms with E-state index in [1.807, 2.05) is 24.3 Å². The van der Waals surface area contributed by atoms with Gasteiger partial charge in [-0.05, 0) is 88.6 Å². The van der Waals surface area contributed by atoms with Crippen LogP contribution in [0.4, 0.5) is 0 Å². The minimum atomic E-state index is -0.00725. The average molecular weight is 491 g/mol. The van der Waals surface area contributed by atoms with Gasteiger partial charge < -0.3 is 10.1 Å². The monoisotopic (exact) mass is 491 g/mol. The number of benzene rings is 2. The minimum absolute atomic E-state index is 0.00725. The first-order valence-corrected chi connectivity index (χ1v) is 11.1.